The Morgan fingerprint density at radius 1 is 0.360 bits per heavy atom. The molecule has 6 atom stereocenters. The van der Waals surface area contributed by atoms with Crippen LogP contribution in [0.3, 0.4) is 0 Å². The standard InChI is InChI=1S/C66H128O9/c1-3-5-7-9-11-13-15-17-19-21-23-25-27-29-31-33-35-37-39-41-43-45-47-49-51-53-62(68)73-58-59(55-56-60-64(70)66(72)65(71)61(57-67)75-60)74-63(69)54-52-50-48-46-44-42-40-38-36-34-32-30-28-26-24-22-20-18-16-14-12-10-8-6-4-2/h59-61,64-67,70-72H,3-58H2,1-2H3/t59-,60-,61+,64-,65+,66+/m0/s1. The van der Waals surface area contributed by atoms with E-state index in [0.717, 1.165) is 38.5 Å². The summed E-state index contributed by atoms with van der Waals surface area (Å²) in [6.07, 6.45) is 60.9. The van der Waals surface area contributed by atoms with Crippen LogP contribution in [0.5, 0.6) is 0 Å². The van der Waals surface area contributed by atoms with Gasteiger partial charge in [0.05, 0.1) is 12.7 Å². The lowest BCUT2D eigenvalue weighted by atomic mass is 9.92. The lowest BCUT2D eigenvalue weighted by Crippen LogP contribution is -2.58. The van der Waals surface area contributed by atoms with E-state index >= 15 is 0 Å². The number of unbranched alkanes of at least 4 members (excludes halogenated alkanes) is 48. The molecule has 9 heteroatoms. The Hall–Kier alpha value is -1.26. The molecule has 0 aliphatic carbocycles. The first-order chi connectivity index (χ1) is 36.8. The van der Waals surface area contributed by atoms with E-state index in [1.807, 2.05) is 0 Å². The number of esters is 2. The van der Waals surface area contributed by atoms with Gasteiger partial charge in [-0.25, -0.2) is 0 Å². The van der Waals surface area contributed by atoms with E-state index in [-0.39, 0.29) is 31.4 Å². The molecule has 0 bridgehead atoms. The minimum absolute atomic E-state index is 0.0824. The molecule has 0 amide bonds. The molecule has 0 aromatic heterocycles. The Morgan fingerprint density at radius 2 is 0.613 bits per heavy atom. The average Bonchev–Trinajstić information content (AvgIpc) is 3.41. The second kappa shape index (κ2) is 56.0. The topological polar surface area (TPSA) is 143 Å². The van der Waals surface area contributed by atoms with Gasteiger partial charge in [0.15, 0.2) is 0 Å². The molecule has 9 nitrogen and oxygen atoms in total. The van der Waals surface area contributed by atoms with Crippen LogP contribution in [0.4, 0.5) is 0 Å². The van der Waals surface area contributed by atoms with Gasteiger partial charge in [-0.05, 0) is 25.7 Å². The molecule has 1 rings (SSSR count). The summed E-state index contributed by atoms with van der Waals surface area (Å²) in [5.74, 6) is -0.641. The number of ether oxygens (including phenoxy) is 3. The number of aliphatic hydroxyl groups excluding tert-OH is 4. The van der Waals surface area contributed by atoms with Gasteiger partial charge in [-0.1, -0.05) is 322 Å². The van der Waals surface area contributed by atoms with Gasteiger partial charge in [0.25, 0.3) is 0 Å². The van der Waals surface area contributed by atoms with Gasteiger partial charge in [0.1, 0.15) is 37.1 Å². The molecule has 4 N–H and O–H groups in total. The minimum atomic E-state index is -1.47. The van der Waals surface area contributed by atoms with Crippen LogP contribution >= 0.6 is 0 Å². The van der Waals surface area contributed by atoms with E-state index in [9.17, 15) is 30.0 Å². The predicted molar refractivity (Wildman–Crippen MR) is 315 cm³/mol. The molecule has 446 valence electrons. The second-order valence-electron chi connectivity index (χ2n) is 23.7. The number of hydrogen-bond donors (Lipinski definition) is 4. The van der Waals surface area contributed by atoms with Crippen molar-refractivity contribution < 1.29 is 44.2 Å². The zero-order valence-electron chi connectivity index (χ0n) is 49.9. The lowest BCUT2D eigenvalue weighted by Gasteiger charge is -2.40. The highest BCUT2D eigenvalue weighted by atomic mass is 16.6. The van der Waals surface area contributed by atoms with Crippen molar-refractivity contribution in [1.29, 1.82) is 0 Å². The van der Waals surface area contributed by atoms with E-state index in [4.69, 9.17) is 14.2 Å². The highest BCUT2D eigenvalue weighted by Gasteiger charge is 2.43. The summed E-state index contributed by atoms with van der Waals surface area (Å²) in [5, 5.41) is 40.7. The third-order valence-electron chi connectivity index (χ3n) is 16.5. The number of rotatable bonds is 59. The molecular formula is C66H128O9. The van der Waals surface area contributed by atoms with E-state index < -0.39 is 43.2 Å². The molecule has 0 aromatic carbocycles. The minimum Gasteiger partial charge on any atom is -0.462 e. The fourth-order valence-corrected chi connectivity index (χ4v) is 11.3. The van der Waals surface area contributed by atoms with Gasteiger partial charge in [0.2, 0.25) is 0 Å². The maximum absolute atomic E-state index is 13.0. The maximum Gasteiger partial charge on any atom is 0.306 e. The summed E-state index contributed by atoms with van der Waals surface area (Å²) >= 11 is 0. The van der Waals surface area contributed by atoms with Gasteiger partial charge in [-0.15, -0.1) is 0 Å². The van der Waals surface area contributed by atoms with E-state index in [2.05, 4.69) is 13.8 Å². The Morgan fingerprint density at radius 3 is 0.893 bits per heavy atom. The zero-order chi connectivity index (χ0) is 54.3. The number of hydrogen-bond acceptors (Lipinski definition) is 9. The molecule has 1 heterocycles. The van der Waals surface area contributed by atoms with E-state index in [1.54, 1.807) is 0 Å². The van der Waals surface area contributed by atoms with Crippen molar-refractivity contribution in [3.8, 4) is 0 Å². The summed E-state index contributed by atoms with van der Waals surface area (Å²) < 4.78 is 17.1. The normalized spacial score (nSPS) is 18.2. The molecule has 1 aliphatic heterocycles. The van der Waals surface area contributed by atoms with Crippen molar-refractivity contribution in [2.45, 2.75) is 397 Å². The van der Waals surface area contributed by atoms with Gasteiger partial charge < -0.3 is 34.6 Å². The molecule has 1 aliphatic rings. The Kier molecular flexibility index (Phi) is 53.6. The van der Waals surface area contributed by atoms with Crippen LogP contribution in [-0.4, -0.2) is 82.2 Å². The summed E-state index contributed by atoms with van der Waals surface area (Å²) in [4.78, 5) is 25.7. The van der Waals surface area contributed by atoms with Crippen molar-refractivity contribution in [1.82, 2.24) is 0 Å². The molecule has 0 spiro atoms. The number of aliphatic hydroxyl groups is 4. The van der Waals surface area contributed by atoms with E-state index in [1.165, 1.54) is 283 Å². The van der Waals surface area contributed by atoms with Crippen molar-refractivity contribution in [3.05, 3.63) is 0 Å². The van der Waals surface area contributed by atoms with Crippen LogP contribution in [0, 0.1) is 0 Å². The summed E-state index contributed by atoms with van der Waals surface area (Å²) in [6.45, 7) is 3.99. The van der Waals surface area contributed by atoms with Gasteiger partial charge in [-0.3, -0.25) is 9.59 Å². The molecule has 1 fully saturated rings. The number of carbonyl (C=O) groups excluding carboxylic acids is 2. The predicted octanol–water partition coefficient (Wildman–Crippen LogP) is 18.4. The SMILES string of the molecule is CCCCCCCCCCCCCCCCCCCCCCCCCCCC(=O)OC[C@H](CC[C@@H]1O[C@H](CO)[C@@H](O)[C@H](O)[C@H]1O)OC(=O)CCCCCCCCCCCCCCCCCCCCCCCCCCC. The Bertz CT molecular complexity index is 1180. The monoisotopic (exact) mass is 1060 g/mol. The van der Waals surface area contributed by atoms with Crippen LogP contribution in [0.1, 0.15) is 361 Å². The van der Waals surface area contributed by atoms with Crippen LogP contribution in [0.2, 0.25) is 0 Å². The van der Waals surface area contributed by atoms with Crippen LogP contribution in [-0.2, 0) is 23.8 Å². The van der Waals surface area contributed by atoms with Crippen molar-refractivity contribution in [2.24, 2.45) is 0 Å². The second-order valence-corrected chi connectivity index (χ2v) is 23.7. The first kappa shape index (κ1) is 71.8. The third-order valence-corrected chi connectivity index (χ3v) is 16.5. The fraction of sp³-hybridized carbons (Fsp3) is 0.970. The molecule has 0 aromatic rings. The first-order valence-electron chi connectivity index (χ1n) is 33.5. The highest BCUT2D eigenvalue weighted by Crippen LogP contribution is 2.26. The highest BCUT2D eigenvalue weighted by molar-refractivity contribution is 5.70. The van der Waals surface area contributed by atoms with Crippen LogP contribution in [0.15, 0.2) is 0 Å². The first-order valence-corrected chi connectivity index (χ1v) is 33.5. The summed E-state index contributed by atoms with van der Waals surface area (Å²) in [7, 11) is 0. The summed E-state index contributed by atoms with van der Waals surface area (Å²) in [6, 6.07) is 0. The van der Waals surface area contributed by atoms with Crippen molar-refractivity contribution in [3.63, 3.8) is 0 Å². The third kappa shape index (κ3) is 46.2. The Labute approximate surface area is 464 Å². The maximum atomic E-state index is 13.0. The van der Waals surface area contributed by atoms with Crippen LogP contribution < -0.4 is 0 Å². The lowest BCUT2D eigenvalue weighted by molar-refractivity contribution is -0.231. The summed E-state index contributed by atoms with van der Waals surface area (Å²) in [5.41, 5.74) is 0. The molecule has 0 saturated carbocycles. The van der Waals surface area contributed by atoms with Gasteiger partial charge >= 0.3 is 11.9 Å². The van der Waals surface area contributed by atoms with Crippen molar-refractivity contribution >= 4 is 11.9 Å². The quantitative estimate of drug-likeness (QED) is 0.0346. The van der Waals surface area contributed by atoms with Crippen molar-refractivity contribution in [2.75, 3.05) is 13.2 Å². The van der Waals surface area contributed by atoms with Crippen LogP contribution in [0.25, 0.3) is 0 Å². The largest absolute Gasteiger partial charge is 0.462 e. The number of carbonyl (C=O) groups is 2. The van der Waals surface area contributed by atoms with Gasteiger partial charge in [-0.2, -0.15) is 0 Å². The molecule has 0 unspecified atom stereocenters. The fourth-order valence-electron chi connectivity index (χ4n) is 11.3. The van der Waals surface area contributed by atoms with Gasteiger partial charge in [0, 0.05) is 12.8 Å². The molecule has 0 radical (unpaired) electrons. The average molecular weight is 1070 g/mol. The Balaban J connectivity index is 2.12. The molecule has 75 heavy (non-hydrogen) atoms. The molecule has 1 saturated heterocycles. The molecular weight excluding hydrogens is 937 g/mol. The zero-order valence-corrected chi connectivity index (χ0v) is 49.9. The van der Waals surface area contributed by atoms with E-state index in [0.29, 0.717) is 12.8 Å². The smallest absolute Gasteiger partial charge is 0.306 e.